The summed E-state index contributed by atoms with van der Waals surface area (Å²) in [7, 11) is 4.18. The van der Waals surface area contributed by atoms with E-state index in [9.17, 15) is 0 Å². The Balaban J connectivity index is 1.34. The Morgan fingerprint density at radius 1 is 1.05 bits per heavy atom. The lowest BCUT2D eigenvalue weighted by molar-refractivity contribution is 0.456. The molecule has 0 radical (unpaired) electrons. The first-order valence-electron chi connectivity index (χ1n) is 7.73. The number of rotatable bonds is 4. The van der Waals surface area contributed by atoms with Gasteiger partial charge < -0.3 is 10.2 Å². The van der Waals surface area contributed by atoms with Crippen LogP contribution in [0, 0.1) is 23.7 Å². The Bertz CT molecular complexity index is 449. The van der Waals surface area contributed by atoms with E-state index in [1.54, 1.807) is 6.42 Å². The van der Waals surface area contributed by atoms with Crippen LogP contribution in [0.2, 0.25) is 0 Å². The SMILES string of the molecule is CN(C)c1ccc(CNC2C3C4CCC(C4)C23)cc1. The van der Waals surface area contributed by atoms with E-state index in [1.807, 2.05) is 0 Å². The maximum atomic E-state index is 3.81. The zero-order valence-corrected chi connectivity index (χ0v) is 12.0. The first-order chi connectivity index (χ1) is 9.24. The van der Waals surface area contributed by atoms with Gasteiger partial charge in [-0.3, -0.25) is 0 Å². The molecule has 2 nitrogen and oxygen atoms in total. The minimum Gasteiger partial charge on any atom is -0.378 e. The molecular formula is C17H24N2. The van der Waals surface area contributed by atoms with Crippen molar-refractivity contribution in [1.29, 1.82) is 0 Å². The number of nitrogens with one attached hydrogen (secondary N) is 1. The van der Waals surface area contributed by atoms with Crippen molar-refractivity contribution in [2.24, 2.45) is 23.7 Å². The van der Waals surface area contributed by atoms with Crippen molar-refractivity contribution >= 4 is 5.69 Å². The van der Waals surface area contributed by atoms with Crippen LogP contribution in [0.1, 0.15) is 24.8 Å². The summed E-state index contributed by atoms with van der Waals surface area (Å²) >= 11 is 0. The highest BCUT2D eigenvalue weighted by Crippen LogP contribution is 2.65. The normalized spacial score (nSPS) is 38.3. The van der Waals surface area contributed by atoms with Crippen molar-refractivity contribution in [3.63, 3.8) is 0 Å². The van der Waals surface area contributed by atoms with Gasteiger partial charge in [0, 0.05) is 32.4 Å². The number of anilines is 1. The van der Waals surface area contributed by atoms with Crippen LogP contribution in [-0.4, -0.2) is 20.1 Å². The van der Waals surface area contributed by atoms with Gasteiger partial charge in [-0.15, -0.1) is 0 Å². The van der Waals surface area contributed by atoms with E-state index < -0.39 is 0 Å². The van der Waals surface area contributed by atoms with Crippen molar-refractivity contribution in [2.45, 2.75) is 31.8 Å². The molecule has 4 atom stereocenters. The van der Waals surface area contributed by atoms with Gasteiger partial charge in [-0.25, -0.2) is 0 Å². The van der Waals surface area contributed by atoms with Gasteiger partial charge in [-0.05, 0) is 60.6 Å². The van der Waals surface area contributed by atoms with E-state index >= 15 is 0 Å². The largest absolute Gasteiger partial charge is 0.378 e. The first-order valence-corrected chi connectivity index (χ1v) is 7.73. The van der Waals surface area contributed by atoms with Gasteiger partial charge in [0.15, 0.2) is 0 Å². The lowest BCUT2D eigenvalue weighted by Gasteiger charge is -2.14. The first kappa shape index (κ1) is 11.8. The van der Waals surface area contributed by atoms with Gasteiger partial charge in [0.2, 0.25) is 0 Å². The molecule has 102 valence electrons. The molecule has 3 fully saturated rings. The second-order valence-corrected chi connectivity index (χ2v) is 6.96. The topological polar surface area (TPSA) is 15.3 Å². The number of benzene rings is 1. The van der Waals surface area contributed by atoms with E-state index in [-0.39, 0.29) is 0 Å². The number of hydrogen-bond donors (Lipinski definition) is 1. The second-order valence-electron chi connectivity index (χ2n) is 6.96. The zero-order valence-electron chi connectivity index (χ0n) is 12.0. The lowest BCUT2D eigenvalue weighted by Crippen LogP contribution is -2.22. The molecule has 0 aliphatic heterocycles. The van der Waals surface area contributed by atoms with Gasteiger partial charge in [-0.1, -0.05) is 12.1 Å². The fraction of sp³-hybridized carbons (Fsp3) is 0.647. The zero-order chi connectivity index (χ0) is 13.0. The molecule has 1 aromatic rings. The van der Waals surface area contributed by atoms with Gasteiger partial charge in [-0.2, -0.15) is 0 Å². The van der Waals surface area contributed by atoms with Crippen LogP contribution in [0.15, 0.2) is 24.3 Å². The van der Waals surface area contributed by atoms with Gasteiger partial charge >= 0.3 is 0 Å². The summed E-state index contributed by atoms with van der Waals surface area (Å²) in [5, 5.41) is 3.81. The third-order valence-corrected chi connectivity index (χ3v) is 5.73. The third-order valence-electron chi connectivity index (χ3n) is 5.73. The highest BCUT2D eigenvalue weighted by molar-refractivity contribution is 5.46. The van der Waals surface area contributed by atoms with E-state index in [0.717, 1.165) is 36.3 Å². The van der Waals surface area contributed by atoms with E-state index in [1.165, 1.54) is 24.1 Å². The Kier molecular flexibility index (Phi) is 2.63. The summed E-state index contributed by atoms with van der Waals surface area (Å²) in [6, 6.07) is 9.80. The molecule has 1 N–H and O–H groups in total. The molecule has 0 saturated heterocycles. The Hall–Kier alpha value is -1.02. The molecule has 3 aliphatic carbocycles. The molecular weight excluding hydrogens is 232 g/mol. The number of hydrogen-bond acceptors (Lipinski definition) is 2. The average Bonchev–Trinajstić information content (AvgIpc) is 2.80. The summed E-state index contributed by atoms with van der Waals surface area (Å²) < 4.78 is 0. The maximum absolute atomic E-state index is 3.81. The van der Waals surface area contributed by atoms with Crippen molar-refractivity contribution in [2.75, 3.05) is 19.0 Å². The van der Waals surface area contributed by atoms with E-state index in [4.69, 9.17) is 0 Å². The highest BCUT2D eigenvalue weighted by atomic mass is 15.1. The molecule has 2 heteroatoms. The third kappa shape index (κ3) is 1.88. The molecule has 4 unspecified atom stereocenters. The lowest BCUT2D eigenvalue weighted by atomic mass is 10.0. The molecule has 4 rings (SSSR count). The molecule has 1 aromatic carbocycles. The molecule has 0 amide bonds. The molecule has 0 heterocycles. The molecule has 3 saturated carbocycles. The molecule has 3 aliphatic rings. The summed E-state index contributed by atoms with van der Waals surface area (Å²) in [4.78, 5) is 2.15. The monoisotopic (exact) mass is 256 g/mol. The van der Waals surface area contributed by atoms with Crippen molar-refractivity contribution in [3.05, 3.63) is 29.8 Å². The van der Waals surface area contributed by atoms with Crippen LogP contribution in [0.5, 0.6) is 0 Å². The van der Waals surface area contributed by atoms with Crippen LogP contribution in [0.3, 0.4) is 0 Å². The standard InChI is InChI=1S/C17H24N2/c1-19(2)14-7-3-11(4-8-14)10-18-17-15-12-5-6-13(9-12)16(15)17/h3-4,7-8,12-13,15-18H,5-6,9-10H2,1-2H3. The van der Waals surface area contributed by atoms with Gasteiger partial charge in [0.05, 0.1) is 0 Å². The van der Waals surface area contributed by atoms with Crippen molar-refractivity contribution in [1.82, 2.24) is 5.32 Å². The minimum absolute atomic E-state index is 0.847. The average molecular weight is 256 g/mol. The van der Waals surface area contributed by atoms with Crippen molar-refractivity contribution in [3.8, 4) is 0 Å². The van der Waals surface area contributed by atoms with E-state index in [0.29, 0.717) is 0 Å². The maximum Gasteiger partial charge on any atom is 0.0361 e. The summed E-state index contributed by atoms with van der Waals surface area (Å²) in [5.74, 6) is 4.23. The van der Waals surface area contributed by atoms with E-state index in [2.05, 4.69) is 48.6 Å². The Morgan fingerprint density at radius 2 is 1.68 bits per heavy atom. The van der Waals surface area contributed by atoms with Crippen LogP contribution in [-0.2, 0) is 6.54 Å². The molecule has 2 bridgehead atoms. The smallest absolute Gasteiger partial charge is 0.0361 e. The molecule has 0 spiro atoms. The van der Waals surface area contributed by atoms with Gasteiger partial charge in [0.25, 0.3) is 0 Å². The van der Waals surface area contributed by atoms with Crippen LogP contribution < -0.4 is 10.2 Å². The predicted octanol–water partition coefficient (Wildman–Crippen LogP) is 2.89. The van der Waals surface area contributed by atoms with Crippen molar-refractivity contribution < 1.29 is 0 Å². The summed E-state index contributed by atoms with van der Waals surface area (Å²) in [5.41, 5.74) is 2.70. The van der Waals surface area contributed by atoms with Crippen LogP contribution in [0.25, 0.3) is 0 Å². The minimum atomic E-state index is 0.847. The van der Waals surface area contributed by atoms with Crippen LogP contribution in [0.4, 0.5) is 5.69 Å². The quantitative estimate of drug-likeness (QED) is 0.891. The molecule has 0 aromatic heterocycles. The number of nitrogens with zero attached hydrogens (tertiary/aromatic N) is 1. The second kappa shape index (κ2) is 4.24. The molecule has 19 heavy (non-hydrogen) atoms. The predicted molar refractivity (Wildman–Crippen MR) is 79.2 cm³/mol. The Labute approximate surface area is 116 Å². The fourth-order valence-corrected chi connectivity index (χ4v) is 4.75. The fourth-order valence-electron chi connectivity index (χ4n) is 4.75. The highest BCUT2D eigenvalue weighted by Gasteiger charge is 2.64. The summed E-state index contributed by atoms with van der Waals surface area (Å²) in [6.45, 7) is 1.05. The Morgan fingerprint density at radius 3 is 2.26 bits per heavy atom. The van der Waals surface area contributed by atoms with Gasteiger partial charge in [0.1, 0.15) is 0 Å². The van der Waals surface area contributed by atoms with Crippen LogP contribution >= 0.6 is 0 Å². The number of fused-ring (bicyclic) bond motifs is 5. The summed E-state index contributed by atoms with van der Waals surface area (Å²) in [6.07, 6.45) is 4.58.